The van der Waals surface area contributed by atoms with Gasteiger partial charge in [-0.15, -0.1) is 24.0 Å². The van der Waals surface area contributed by atoms with Crippen LogP contribution in [0.15, 0.2) is 52.1 Å². The molecular weight excluding hydrogens is 453 g/mol. The molecule has 0 fully saturated rings. The van der Waals surface area contributed by atoms with E-state index in [9.17, 15) is 5.11 Å². The second kappa shape index (κ2) is 10.0. The topological polar surface area (TPSA) is 69.8 Å². The molecule has 2 rings (SSSR count). The van der Waals surface area contributed by atoms with Gasteiger partial charge in [0.1, 0.15) is 11.4 Å². The molecule has 2 aromatic rings. The third-order valence-electron chi connectivity index (χ3n) is 3.66. The van der Waals surface area contributed by atoms with Crippen LogP contribution in [0.5, 0.6) is 0 Å². The van der Waals surface area contributed by atoms with E-state index in [-0.39, 0.29) is 36.6 Å². The highest BCUT2D eigenvalue weighted by molar-refractivity contribution is 14.0. The molecule has 0 aliphatic carbocycles. The van der Waals surface area contributed by atoms with Crippen LogP contribution in [0.3, 0.4) is 0 Å². The summed E-state index contributed by atoms with van der Waals surface area (Å²) < 4.78 is 5.28. The van der Waals surface area contributed by atoms with Gasteiger partial charge in [0.25, 0.3) is 0 Å². The zero-order valence-electron chi connectivity index (χ0n) is 14.6. The van der Waals surface area contributed by atoms with Gasteiger partial charge in [-0.1, -0.05) is 23.7 Å². The lowest BCUT2D eigenvalue weighted by Gasteiger charge is -2.21. The van der Waals surface area contributed by atoms with E-state index in [0.29, 0.717) is 16.7 Å². The van der Waals surface area contributed by atoms with Crippen LogP contribution in [-0.4, -0.2) is 24.2 Å². The average Bonchev–Trinajstić information content (AvgIpc) is 3.09. The molecule has 7 heteroatoms. The highest BCUT2D eigenvalue weighted by atomic mass is 127. The van der Waals surface area contributed by atoms with Crippen LogP contribution in [0.4, 0.5) is 0 Å². The first-order valence-electron chi connectivity index (χ1n) is 7.99. The molecule has 138 valence electrons. The summed E-state index contributed by atoms with van der Waals surface area (Å²) in [4.78, 5) is 4.48. The number of nitrogens with zero attached hydrogens (tertiary/aromatic N) is 1. The van der Waals surface area contributed by atoms with Gasteiger partial charge in [0.2, 0.25) is 0 Å². The maximum atomic E-state index is 10.5. The largest absolute Gasteiger partial charge is 0.466 e. The number of hydrogen-bond donors (Lipinski definition) is 3. The van der Waals surface area contributed by atoms with Crippen LogP contribution in [-0.2, 0) is 5.60 Å². The summed E-state index contributed by atoms with van der Waals surface area (Å²) in [6, 6.07) is 11.2. The Kier molecular flexibility index (Phi) is 8.75. The van der Waals surface area contributed by atoms with Crippen molar-refractivity contribution in [2.24, 2.45) is 4.99 Å². The van der Waals surface area contributed by atoms with Gasteiger partial charge in [0, 0.05) is 11.6 Å². The molecule has 3 N–H and O–H groups in total. The molecule has 25 heavy (non-hydrogen) atoms. The first-order valence-corrected chi connectivity index (χ1v) is 8.37. The Labute approximate surface area is 170 Å². The Balaban J connectivity index is 0.00000312. The molecule has 2 atom stereocenters. The molecule has 0 bridgehead atoms. The Hall–Kier alpha value is -1.25. The summed E-state index contributed by atoms with van der Waals surface area (Å²) in [5.41, 5.74) is -0.0576. The van der Waals surface area contributed by atoms with E-state index >= 15 is 0 Å². The highest BCUT2D eigenvalue weighted by Crippen LogP contribution is 2.21. The number of hydrogen-bond acceptors (Lipinski definition) is 3. The first kappa shape index (κ1) is 21.8. The lowest BCUT2D eigenvalue weighted by Crippen LogP contribution is -2.40. The van der Waals surface area contributed by atoms with E-state index in [0.717, 1.165) is 12.1 Å². The SMILES string of the molecule is CCNC(=NCC(C)(O)c1ccco1)NC(C)c1ccc(Cl)cc1.I. The van der Waals surface area contributed by atoms with Crippen molar-refractivity contribution in [2.75, 3.05) is 13.1 Å². The van der Waals surface area contributed by atoms with Gasteiger partial charge in [-0.25, -0.2) is 4.99 Å². The Morgan fingerprint density at radius 3 is 2.56 bits per heavy atom. The van der Waals surface area contributed by atoms with Crippen molar-refractivity contribution >= 4 is 41.5 Å². The normalized spacial score (nSPS) is 15.0. The third-order valence-corrected chi connectivity index (χ3v) is 3.92. The minimum absolute atomic E-state index is 0. The van der Waals surface area contributed by atoms with Crippen molar-refractivity contribution in [3.63, 3.8) is 0 Å². The van der Waals surface area contributed by atoms with Crippen LogP contribution in [0.1, 0.15) is 38.1 Å². The van der Waals surface area contributed by atoms with Gasteiger partial charge in [0.15, 0.2) is 5.96 Å². The maximum absolute atomic E-state index is 10.5. The predicted octanol–water partition coefficient (Wildman–Crippen LogP) is 4.07. The highest BCUT2D eigenvalue weighted by Gasteiger charge is 2.26. The predicted molar refractivity (Wildman–Crippen MR) is 113 cm³/mol. The Morgan fingerprint density at radius 1 is 1.32 bits per heavy atom. The van der Waals surface area contributed by atoms with E-state index in [1.807, 2.05) is 38.1 Å². The standard InChI is InChI=1S/C18H24ClN3O2.HI/c1-4-20-17(21-12-18(3,23)16-6-5-11-24-16)22-13(2)14-7-9-15(19)10-8-14;/h5-11,13,23H,4,12H2,1-3H3,(H2,20,21,22);1H. The fourth-order valence-electron chi connectivity index (χ4n) is 2.26. The Morgan fingerprint density at radius 2 is 2.00 bits per heavy atom. The lowest BCUT2D eigenvalue weighted by molar-refractivity contribution is 0.0437. The van der Waals surface area contributed by atoms with Crippen molar-refractivity contribution < 1.29 is 9.52 Å². The summed E-state index contributed by atoms with van der Waals surface area (Å²) >= 11 is 5.93. The number of furan rings is 1. The third kappa shape index (κ3) is 6.52. The second-order valence-corrected chi connectivity index (χ2v) is 6.30. The number of aliphatic imine (C=N–C) groups is 1. The molecule has 1 aromatic carbocycles. The second-order valence-electron chi connectivity index (χ2n) is 5.86. The molecule has 0 saturated carbocycles. The summed E-state index contributed by atoms with van der Waals surface area (Å²) in [7, 11) is 0. The van der Waals surface area contributed by atoms with Gasteiger partial charge in [-0.3, -0.25) is 0 Å². The number of benzene rings is 1. The fraction of sp³-hybridized carbons (Fsp3) is 0.389. The van der Waals surface area contributed by atoms with Crippen LogP contribution < -0.4 is 10.6 Å². The van der Waals surface area contributed by atoms with Gasteiger partial charge in [-0.2, -0.15) is 0 Å². The first-order chi connectivity index (χ1) is 11.4. The summed E-state index contributed by atoms with van der Waals surface area (Å²) in [5, 5.41) is 17.7. The van der Waals surface area contributed by atoms with Crippen molar-refractivity contribution in [1.82, 2.24) is 10.6 Å². The van der Waals surface area contributed by atoms with Gasteiger partial charge < -0.3 is 20.2 Å². The minimum Gasteiger partial charge on any atom is -0.466 e. The van der Waals surface area contributed by atoms with Crippen LogP contribution in [0.25, 0.3) is 0 Å². The van der Waals surface area contributed by atoms with Gasteiger partial charge in [0.05, 0.1) is 18.8 Å². The molecule has 1 aromatic heterocycles. The number of halogens is 2. The summed E-state index contributed by atoms with van der Waals surface area (Å²) in [6.07, 6.45) is 1.54. The van der Waals surface area contributed by atoms with Crippen molar-refractivity contribution in [2.45, 2.75) is 32.4 Å². The smallest absolute Gasteiger partial charge is 0.191 e. The lowest BCUT2D eigenvalue weighted by atomic mass is 10.0. The minimum atomic E-state index is -1.16. The molecule has 0 spiro atoms. The zero-order chi connectivity index (χ0) is 17.6. The van der Waals surface area contributed by atoms with Crippen LogP contribution in [0.2, 0.25) is 5.02 Å². The van der Waals surface area contributed by atoms with Crippen LogP contribution in [0, 0.1) is 0 Å². The fourth-order valence-corrected chi connectivity index (χ4v) is 2.38. The molecular formula is C18H25ClIN3O2. The van der Waals surface area contributed by atoms with Crippen molar-refractivity contribution in [1.29, 1.82) is 0 Å². The summed E-state index contributed by atoms with van der Waals surface area (Å²) in [5.74, 6) is 1.12. The number of guanidine groups is 1. The molecule has 0 amide bonds. The maximum Gasteiger partial charge on any atom is 0.191 e. The quantitative estimate of drug-likeness (QED) is 0.333. The molecule has 0 saturated heterocycles. The molecule has 5 nitrogen and oxygen atoms in total. The molecule has 1 heterocycles. The number of aliphatic hydroxyl groups is 1. The van der Waals surface area contributed by atoms with Crippen LogP contribution >= 0.6 is 35.6 Å². The van der Waals surface area contributed by atoms with E-state index in [1.165, 1.54) is 0 Å². The van der Waals surface area contributed by atoms with Crippen molar-refractivity contribution in [3.05, 3.63) is 59.0 Å². The van der Waals surface area contributed by atoms with E-state index in [1.54, 1.807) is 25.3 Å². The van der Waals surface area contributed by atoms with Gasteiger partial charge in [-0.05, 0) is 50.6 Å². The Bertz CT molecular complexity index is 657. The summed E-state index contributed by atoms with van der Waals surface area (Å²) in [6.45, 7) is 6.63. The number of rotatable bonds is 6. The molecule has 0 aliphatic heterocycles. The zero-order valence-corrected chi connectivity index (χ0v) is 17.7. The van der Waals surface area contributed by atoms with Gasteiger partial charge >= 0.3 is 0 Å². The van der Waals surface area contributed by atoms with E-state index < -0.39 is 5.60 Å². The molecule has 0 aliphatic rings. The monoisotopic (exact) mass is 477 g/mol. The van der Waals surface area contributed by atoms with E-state index in [2.05, 4.69) is 15.6 Å². The average molecular weight is 478 g/mol. The molecule has 2 unspecified atom stereocenters. The molecule has 0 radical (unpaired) electrons. The van der Waals surface area contributed by atoms with Crippen molar-refractivity contribution in [3.8, 4) is 0 Å². The number of nitrogens with one attached hydrogen (secondary N) is 2. The van der Waals surface area contributed by atoms with E-state index in [4.69, 9.17) is 16.0 Å².